The van der Waals surface area contributed by atoms with Crippen molar-refractivity contribution in [3.63, 3.8) is 0 Å². The fourth-order valence-corrected chi connectivity index (χ4v) is 5.52. The number of hydrogen-bond acceptors (Lipinski definition) is 3. The van der Waals surface area contributed by atoms with E-state index >= 15 is 13.2 Å². The van der Waals surface area contributed by atoms with Gasteiger partial charge in [-0.05, 0) is 49.4 Å². The van der Waals surface area contributed by atoms with Crippen molar-refractivity contribution in [3.8, 4) is 11.1 Å². The molecule has 0 aromatic heterocycles. The Hall–Kier alpha value is -2.53. The molecule has 1 aliphatic heterocycles. The third kappa shape index (κ3) is 5.20. The zero-order chi connectivity index (χ0) is 25.5. The van der Waals surface area contributed by atoms with Gasteiger partial charge < -0.3 is 4.90 Å². The number of carbonyl (C=O) groups is 1. The van der Waals surface area contributed by atoms with Crippen molar-refractivity contribution in [1.29, 1.82) is 0 Å². The Balaban J connectivity index is 1.71. The molecule has 2 fully saturated rings. The van der Waals surface area contributed by atoms with Crippen LogP contribution in [0.25, 0.3) is 11.1 Å². The van der Waals surface area contributed by atoms with E-state index in [0.29, 0.717) is 0 Å². The van der Waals surface area contributed by atoms with E-state index in [1.165, 1.54) is 43.3 Å². The largest absolute Gasteiger partial charge is 0.331 e. The van der Waals surface area contributed by atoms with E-state index in [0.717, 1.165) is 11.0 Å². The molecule has 1 aliphatic carbocycles. The van der Waals surface area contributed by atoms with Gasteiger partial charge in [-0.15, -0.1) is 0 Å². The van der Waals surface area contributed by atoms with Gasteiger partial charge in [0.2, 0.25) is 15.9 Å². The van der Waals surface area contributed by atoms with Crippen LogP contribution in [-0.4, -0.2) is 55.7 Å². The van der Waals surface area contributed by atoms with Crippen LogP contribution in [0.1, 0.15) is 25.3 Å². The number of alkyl halides is 3. The molecule has 1 saturated heterocycles. The average molecular weight is 517 g/mol. The minimum Gasteiger partial charge on any atom is -0.331 e. The summed E-state index contributed by atoms with van der Waals surface area (Å²) in [5, 5.41) is 0. The van der Waals surface area contributed by atoms with Crippen LogP contribution < -0.4 is 4.72 Å². The first-order chi connectivity index (χ1) is 16.4. The molecule has 2 aromatic carbocycles. The predicted octanol–water partition coefficient (Wildman–Crippen LogP) is 4.08. The quantitative estimate of drug-likeness (QED) is 0.565. The standard InChI is InChI=1S/C24H25F5N2O3S/c1-2-35(33,34)30-22-20(31(13-24(22,28)29)23(32)16-10-18(26)11-16)12-15-6-4-8-19(21(15)27)14-5-3-7-17(25)9-14/h3-9,16,18,20,22,30H,2,10-13H2,1H3/t16-,18-,20-,22+/m0/s1. The molecule has 2 atom stereocenters. The molecule has 1 N–H and O–H groups in total. The van der Waals surface area contributed by atoms with Crippen molar-refractivity contribution in [2.24, 2.45) is 5.92 Å². The number of nitrogens with zero attached hydrogens (tertiary/aromatic N) is 1. The molecule has 4 rings (SSSR count). The highest BCUT2D eigenvalue weighted by molar-refractivity contribution is 7.89. The predicted molar refractivity (Wildman–Crippen MR) is 120 cm³/mol. The van der Waals surface area contributed by atoms with E-state index in [4.69, 9.17) is 0 Å². The summed E-state index contributed by atoms with van der Waals surface area (Å²) in [5.74, 6) is -6.95. The summed E-state index contributed by atoms with van der Waals surface area (Å²) in [5.41, 5.74) is 0.236. The summed E-state index contributed by atoms with van der Waals surface area (Å²) in [7, 11) is -4.10. The molecule has 1 saturated carbocycles. The zero-order valence-electron chi connectivity index (χ0n) is 18.9. The third-order valence-electron chi connectivity index (χ3n) is 6.66. The van der Waals surface area contributed by atoms with Gasteiger partial charge in [0.1, 0.15) is 23.8 Å². The lowest BCUT2D eigenvalue weighted by molar-refractivity contribution is -0.142. The van der Waals surface area contributed by atoms with Gasteiger partial charge in [-0.2, -0.15) is 0 Å². The summed E-state index contributed by atoms with van der Waals surface area (Å²) in [6, 6.07) is 6.06. The average Bonchev–Trinajstić information content (AvgIpc) is 3.02. The van der Waals surface area contributed by atoms with Gasteiger partial charge >= 0.3 is 0 Å². The summed E-state index contributed by atoms with van der Waals surface area (Å²) in [4.78, 5) is 13.8. The Bertz CT molecular complexity index is 1220. The topological polar surface area (TPSA) is 66.5 Å². The van der Waals surface area contributed by atoms with E-state index in [2.05, 4.69) is 0 Å². The molecule has 2 aliphatic rings. The van der Waals surface area contributed by atoms with Gasteiger partial charge in [0, 0.05) is 11.5 Å². The first-order valence-electron chi connectivity index (χ1n) is 11.3. The molecular weight excluding hydrogens is 491 g/mol. The highest BCUT2D eigenvalue weighted by Gasteiger charge is 2.58. The molecule has 0 radical (unpaired) electrons. The van der Waals surface area contributed by atoms with Gasteiger partial charge in [0.15, 0.2) is 0 Å². The molecule has 1 heterocycles. The number of likely N-dealkylation sites (tertiary alicyclic amines) is 1. The summed E-state index contributed by atoms with van der Waals surface area (Å²) in [6.45, 7) is 0.220. The highest BCUT2D eigenvalue weighted by Crippen LogP contribution is 2.40. The van der Waals surface area contributed by atoms with Crippen molar-refractivity contribution < 1.29 is 35.2 Å². The minimum atomic E-state index is -4.10. The Labute approximate surface area is 200 Å². The number of amides is 1. The summed E-state index contributed by atoms with van der Waals surface area (Å²) < 4.78 is 99.0. The normalized spacial score (nSPS) is 25.9. The maximum absolute atomic E-state index is 15.5. The highest BCUT2D eigenvalue weighted by atomic mass is 32.2. The Morgan fingerprint density at radius 1 is 1.14 bits per heavy atom. The van der Waals surface area contributed by atoms with Gasteiger partial charge in [-0.25, -0.2) is 35.1 Å². The van der Waals surface area contributed by atoms with Crippen LogP contribution in [0.2, 0.25) is 0 Å². The fourth-order valence-electron chi connectivity index (χ4n) is 4.64. The Morgan fingerprint density at radius 2 is 1.83 bits per heavy atom. The Kier molecular flexibility index (Phi) is 6.93. The first-order valence-corrected chi connectivity index (χ1v) is 12.9. The van der Waals surface area contributed by atoms with Gasteiger partial charge in [-0.3, -0.25) is 4.79 Å². The van der Waals surface area contributed by atoms with Crippen molar-refractivity contribution in [3.05, 3.63) is 59.7 Å². The van der Waals surface area contributed by atoms with Gasteiger partial charge in [-0.1, -0.05) is 30.3 Å². The number of sulfonamides is 1. The van der Waals surface area contributed by atoms with E-state index < -0.39 is 76.4 Å². The molecule has 2 aromatic rings. The number of carbonyl (C=O) groups excluding carboxylic acids is 1. The van der Waals surface area contributed by atoms with Crippen LogP contribution in [0, 0.1) is 17.6 Å². The third-order valence-corrected chi connectivity index (χ3v) is 8.04. The van der Waals surface area contributed by atoms with E-state index in [1.807, 2.05) is 4.72 Å². The zero-order valence-corrected chi connectivity index (χ0v) is 19.7. The minimum absolute atomic E-state index is 0.0367. The number of halogens is 5. The SMILES string of the molecule is CCS(=O)(=O)N[C@@H]1[C@H](Cc2cccc(-c3cccc(F)c3)c2F)N(C(=O)[C@H]2C[C@H](F)C2)CC1(F)F. The second kappa shape index (κ2) is 9.50. The molecule has 0 bridgehead atoms. The van der Waals surface area contributed by atoms with Crippen LogP contribution in [-0.2, 0) is 21.2 Å². The van der Waals surface area contributed by atoms with Crippen molar-refractivity contribution in [2.45, 2.75) is 50.4 Å². The molecule has 35 heavy (non-hydrogen) atoms. The fraction of sp³-hybridized carbons (Fsp3) is 0.458. The van der Waals surface area contributed by atoms with Crippen LogP contribution in [0.4, 0.5) is 22.0 Å². The number of nitrogens with one attached hydrogen (secondary N) is 1. The molecule has 1 amide bonds. The smallest absolute Gasteiger partial charge is 0.283 e. The van der Waals surface area contributed by atoms with Gasteiger partial charge in [0.25, 0.3) is 5.92 Å². The molecular formula is C24H25F5N2O3S. The Morgan fingerprint density at radius 3 is 2.46 bits per heavy atom. The maximum Gasteiger partial charge on any atom is 0.283 e. The summed E-state index contributed by atoms with van der Waals surface area (Å²) >= 11 is 0. The van der Waals surface area contributed by atoms with Gasteiger partial charge in [0.05, 0.1) is 18.3 Å². The van der Waals surface area contributed by atoms with Crippen LogP contribution >= 0.6 is 0 Å². The van der Waals surface area contributed by atoms with Crippen molar-refractivity contribution in [1.82, 2.24) is 9.62 Å². The van der Waals surface area contributed by atoms with Crippen LogP contribution in [0.5, 0.6) is 0 Å². The molecule has 5 nitrogen and oxygen atoms in total. The lowest BCUT2D eigenvalue weighted by Crippen LogP contribution is -2.53. The molecule has 0 spiro atoms. The van der Waals surface area contributed by atoms with E-state index in [9.17, 15) is 22.0 Å². The number of benzene rings is 2. The first kappa shape index (κ1) is 25.6. The second-order valence-electron chi connectivity index (χ2n) is 9.05. The van der Waals surface area contributed by atoms with Crippen LogP contribution in [0.15, 0.2) is 42.5 Å². The summed E-state index contributed by atoms with van der Waals surface area (Å²) in [6.07, 6.45) is -1.80. The van der Waals surface area contributed by atoms with Crippen molar-refractivity contribution in [2.75, 3.05) is 12.3 Å². The molecule has 11 heteroatoms. The number of hydrogen-bond donors (Lipinski definition) is 1. The lowest BCUT2D eigenvalue weighted by atomic mass is 9.82. The van der Waals surface area contributed by atoms with Crippen molar-refractivity contribution >= 4 is 15.9 Å². The monoisotopic (exact) mass is 516 g/mol. The van der Waals surface area contributed by atoms with E-state index in [1.54, 1.807) is 0 Å². The molecule has 0 unspecified atom stereocenters. The second-order valence-corrected chi connectivity index (χ2v) is 11.1. The van der Waals surface area contributed by atoms with Crippen LogP contribution in [0.3, 0.4) is 0 Å². The molecule has 190 valence electrons. The maximum atomic E-state index is 15.5. The number of rotatable bonds is 7. The van der Waals surface area contributed by atoms with E-state index in [-0.39, 0.29) is 29.5 Å². The lowest BCUT2D eigenvalue weighted by Gasteiger charge is -2.35.